The van der Waals surface area contributed by atoms with E-state index in [1.165, 1.54) is 97.6 Å². The number of hydrogen-bond donors (Lipinski definition) is 3. The SMILES string of the molecule is CCN1CCC(NC(C)C)CC1.CSNC(=O)c1ccc(N2CCN(CC3=C(c4ccc(Cl)cc4)CCC(C)(C)C3)CC2)cc1.O=S(=O)(c1ccccc1NCCSc1ccccc1)C(F)(F)F. The molecule has 7 rings (SSSR count). The number of carbonyl (C=O) groups is 1. The number of sulfone groups is 1. The molecule has 4 aromatic rings. The first kappa shape index (κ1) is 55.2. The van der Waals surface area contributed by atoms with Crippen molar-refractivity contribution in [2.45, 2.75) is 94.1 Å². The standard InChI is InChI=1S/C27H34ClN3OS.C15H14F3NO2S2.C10H22N2/c1-27(2)13-12-25(20-4-8-23(28)9-5-20)22(18-27)19-30-14-16-31(17-15-30)24-10-6-21(7-11-24)26(32)29-33-3;16-15(17,18)23(20,21)14-9-5-4-8-13(14)19-10-11-22-12-6-2-1-3-7-12;1-4-12-7-5-10(6-8-12)11-9(2)3/h4-11H,12-19H2,1-3H3,(H,29,32);1-9,19H,10-11H2;9-11H,4-8H2,1-3H3. The molecule has 0 atom stereocenters. The Balaban J connectivity index is 0.000000213. The van der Waals surface area contributed by atoms with Crippen LogP contribution in [0.3, 0.4) is 0 Å². The maximum absolute atomic E-state index is 12.7. The molecule has 0 spiro atoms. The van der Waals surface area contributed by atoms with Gasteiger partial charge in [0, 0.05) is 84.5 Å². The Morgan fingerprint density at radius 3 is 2.09 bits per heavy atom. The number of amides is 1. The van der Waals surface area contributed by atoms with Crippen LogP contribution >= 0.6 is 35.3 Å². The van der Waals surface area contributed by atoms with E-state index in [4.69, 9.17) is 11.6 Å². The minimum absolute atomic E-state index is 0.0426. The number of rotatable bonds is 15. The topological polar surface area (TPSA) is 97.0 Å². The normalized spacial score (nSPS) is 17.2. The number of carbonyl (C=O) groups excluding carboxylic acids is 1. The van der Waals surface area contributed by atoms with Crippen LogP contribution in [0.1, 0.15) is 82.6 Å². The van der Waals surface area contributed by atoms with Crippen LogP contribution in [0.4, 0.5) is 24.5 Å². The number of alkyl halides is 3. The number of thioether (sulfide) groups is 1. The van der Waals surface area contributed by atoms with Crippen molar-refractivity contribution in [1.82, 2.24) is 19.8 Å². The molecule has 3 N–H and O–H groups in total. The van der Waals surface area contributed by atoms with Gasteiger partial charge in [0.1, 0.15) is 0 Å². The number of para-hydroxylation sites is 1. The highest BCUT2D eigenvalue weighted by Crippen LogP contribution is 2.43. The van der Waals surface area contributed by atoms with Crippen molar-refractivity contribution in [1.29, 1.82) is 0 Å². The summed E-state index contributed by atoms with van der Waals surface area (Å²) in [6.07, 6.45) is 8.03. The maximum atomic E-state index is 12.7. The molecule has 2 heterocycles. The fraction of sp³-hybridized carbons (Fsp3) is 0.481. The molecule has 2 aliphatic heterocycles. The van der Waals surface area contributed by atoms with E-state index in [2.05, 4.69) is 88.9 Å². The third-order valence-electron chi connectivity index (χ3n) is 12.4. The summed E-state index contributed by atoms with van der Waals surface area (Å²) in [6, 6.07) is 32.3. The summed E-state index contributed by atoms with van der Waals surface area (Å²) < 4.78 is 64.0. The summed E-state index contributed by atoms with van der Waals surface area (Å²) in [7, 11) is -5.37. The van der Waals surface area contributed by atoms with E-state index in [9.17, 15) is 26.4 Å². The second-order valence-corrected chi connectivity index (χ2v) is 22.6. The van der Waals surface area contributed by atoms with E-state index < -0.39 is 20.2 Å². The fourth-order valence-electron chi connectivity index (χ4n) is 8.70. The van der Waals surface area contributed by atoms with Gasteiger partial charge < -0.3 is 20.4 Å². The lowest BCUT2D eigenvalue weighted by atomic mass is 9.73. The predicted octanol–water partition coefficient (Wildman–Crippen LogP) is 11.8. The first-order chi connectivity index (χ1) is 32.4. The van der Waals surface area contributed by atoms with Crippen molar-refractivity contribution in [3.05, 3.63) is 125 Å². The number of likely N-dealkylation sites (tertiary alicyclic amines) is 1. The van der Waals surface area contributed by atoms with Gasteiger partial charge in [0.2, 0.25) is 0 Å². The second-order valence-electron chi connectivity index (χ2n) is 18.4. The number of anilines is 2. The van der Waals surface area contributed by atoms with Crippen molar-refractivity contribution in [3.8, 4) is 0 Å². The van der Waals surface area contributed by atoms with Crippen LogP contribution in [0, 0.1) is 5.41 Å². The van der Waals surface area contributed by atoms with Crippen LogP contribution in [-0.4, -0.2) is 113 Å². The first-order valence-corrected chi connectivity index (χ1v) is 27.6. The first-order valence-electron chi connectivity index (χ1n) is 23.6. The summed E-state index contributed by atoms with van der Waals surface area (Å²) in [4.78, 5) is 19.8. The number of halogens is 4. The molecule has 0 bridgehead atoms. The minimum Gasteiger partial charge on any atom is -0.383 e. The molecule has 0 unspecified atom stereocenters. The van der Waals surface area contributed by atoms with E-state index >= 15 is 0 Å². The summed E-state index contributed by atoms with van der Waals surface area (Å²) in [6.45, 7) is 20.8. The Morgan fingerprint density at radius 2 is 1.49 bits per heavy atom. The molecule has 9 nitrogen and oxygen atoms in total. The molecule has 68 heavy (non-hydrogen) atoms. The molecule has 4 aromatic carbocycles. The van der Waals surface area contributed by atoms with Gasteiger partial charge in [-0.2, -0.15) is 13.2 Å². The molecule has 16 heteroatoms. The summed E-state index contributed by atoms with van der Waals surface area (Å²) in [5.74, 6) is 0.545. The van der Waals surface area contributed by atoms with Gasteiger partial charge in [0.15, 0.2) is 0 Å². The van der Waals surface area contributed by atoms with Gasteiger partial charge in [-0.15, -0.1) is 11.8 Å². The molecule has 2 saturated heterocycles. The average molecular weight is 1020 g/mol. The van der Waals surface area contributed by atoms with Gasteiger partial charge >= 0.3 is 5.51 Å². The van der Waals surface area contributed by atoms with Crippen molar-refractivity contribution in [2.75, 3.05) is 81.1 Å². The molecule has 2 fully saturated rings. The van der Waals surface area contributed by atoms with Gasteiger partial charge in [-0.25, -0.2) is 8.42 Å². The van der Waals surface area contributed by atoms with Gasteiger partial charge in [0.25, 0.3) is 15.7 Å². The largest absolute Gasteiger partial charge is 0.501 e. The zero-order valence-electron chi connectivity index (χ0n) is 40.4. The lowest BCUT2D eigenvalue weighted by molar-refractivity contribution is -0.0435. The van der Waals surface area contributed by atoms with Crippen LogP contribution in [-0.2, 0) is 9.84 Å². The summed E-state index contributed by atoms with van der Waals surface area (Å²) >= 11 is 8.99. The highest BCUT2D eigenvalue weighted by atomic mass is 35.5. The van der Waals surface area contributed by atoms with E-state index in [1.54, 1.807) is 5.57 Å². The Bertz CT molecular complexity index is 2300. The average Bonchev–Trinajstić information content (AvgIpc) is 3.32. The van der Waals surface area contributed by atoms with E-state index in [0.29, 0.717) is 29.3 Å². The van der Waals surface area contributed by atoms with E-state index in [0.717, 1.165) is 67.6 Å². The van der Waals surface area contributed by atoms with Crippen molar-refractivity contribution in [3.63, 3.8) is 0 Å². The monoisotopic (exact) mass is 1010 g/mol. The van der Waals surface area contributed by atoms with Crippen molar-refractivity contribution < 1.29 is 26.4 Å². The second kappa shape index (κ2) is 26.5. The number of nitrogens with one attached hydrogen (secondary N) is 3. The van der Waals surface area contributed by atoms with E-state index in [1.807, 2.05) is 60.9 Å². The number of piperidine rings is 1. The van der Waals surface area contributed by atoms with Crippen molar-refractivity contribution in [2.24, 2.45) is 5.41 Å². The molecular weight excluding hydrogens is 945 g/mol. The highest BCUT2D eigenvalue weighted by Gasteiger charge is 2.48. The Kier molecular flexibility index (Phi) is 21.5. The molecule has 0 saturated carbocycles. The molecule has 3 aliphatic rings. The van der Waals surface area contributed by atoms with Gasteiger partial charge in [-0.1, -0.05) is 106 Å². The van der Waals surface area contributed by atoms with Crippen LogP contribution in [0.5, 0.6) is 0 Å². The molecule has 0 radical (unpaired) electrons. The quantitative estimate of drug-likeness (QED) is 0.0607. The Morgan fingerprint density at radius 1 is 0.853 bits per heavy atom. The fourth-order valence-corrected chi connectivity index (χ4v) is 10.9. The number of piperazine rings is 1. The minimum atomic E-state index is -5.37. The van der Waals surface area contributed by atoms with Crippen LogP contribution in [0.15, 0.2) is 118 Å². The lowest BCUT2D eigenvalue weighted by Gasteiger charge is -2.39. The predicted molar refractivity (Wildman–Crippen MR) is 281 cm³/mol. The number of hydrogen-bond acceptors (Lipinski definition) is 10. The van der Waals surface area contributed by atoms with Crippen LogP contribution in [0.2, 0.25) is 5.02 Å². The molecule has 372 valence electrons. The maximum Gasteiger partial charge on any atom is 0.501 e. The molecule has 1 aliphatic carbocycles. The van der Waals surface area contributed by atoms with Gasteiger partial charge in [-0.3, -0.25) is 14.4 Å². The van der Waals surface area contributed by atoms with Crippen LogP contribution in [0.25, 0.3) is 5.57 Å². The Labute approximate surface area is 417 Å². The van der Waals surface area contributed by atoms with E-state index in [-0.39, 0.29) is 11.6 Å². The van der Waals surface area contributed by atoms with Gasteiger partial charge in [-0.05, 0) is 129 Å². The number of benzene rings is 4. The van der Waals surface area contributed by atoms with Crippen LogP contribution < -0.4 is 20.3 Å². The highest BCUT2D eigenvalue weighted by molar-refractivity contribution is 7.99. The molecule has 0 aromatic heterocycles. The molecular formula is C52H70ClF3N6O3S3. The number of allylic oxidation sites excluding steroid dienone is 1. The summed E-state index contributed by atoms with van der Waals surface area (Å²) in [5, 5.41) is 7.16. The van der Waals surface area contributed by atoms with Gasteiger partial charge in [0.05, 0.1) is 10.6 Å². The number of nitrogens with zero attached hydrogens (tertiary/aromatic N) is 3. The third-order valence-corrected chi connectivity index (χ3v) is 15.6. The zero-order chi connectivity index (χ0) is 49.3. The molecule has 1 amide bonds. The third kappa shape index (κ3) is 17.0. The smallest absolute Gasteiger partial charge is 0.383 e. The summed E-state index contributed by atoms with van der Waals surface area (Å²) in [5.41, 5.74) is 1.33. The van der Waals surface area contributed by atoms with Crippen molar-refractivity contribution >= 4 is 68.0 Å². The lowest BCUT2D eigenvalue weighted by Crippen LogP contribution is -2.47. The Hall–Kier alpha value is -3.70. The zero-order valence-corrected chi connectivity index (χ0v) is 43.6.